The Kier molecular flexibility index (Phi) is 5.33. The van der Waals surface area contributed by atoms with Gasteiger partial charge in [0, 0.05) is 38.3 Å². The van der Waals surface area contributed by atoms with Gasteiger partial charge in [0.2, 0.25) is 11.8 Å². The van der Waals surface area contributed by atoms with E-state index >= 15 is 0 Å². The standard InChI is InChI=1S/C22H28F3N3O2/c1-27(2)20(29)22(5-6-22)21(30)28-14-3-4-15(28)8-13(7-14)19(26)10-12-9-17(24)18(25)11-16(12)23/h9,11,13-15,19H,3-8,10,26H2,1-2H3/t13?,14?,15?,19-/m1/s1. The summed E-state index contributed by atoms with van der Waals surface area (Å²) in [5.41, 5.74) is 5.53. The molecule has 2 amide bonds. The van der Waals surface area contributed by atoms with Gasteiger partial charge in [-0.05, 0) is 62.5 Å². The molecule has 2 N–H and O–H groups in total. The van der Waals surface area contributed by atoms with E-state index in [1.54, 1.807) is 14.1 Å². The van der Waals surface area contributed by atoms with Crippen LogP contribution in [0.4, 0.5) is 13.2 Å². The number of amides is 2. The first-order valence-corrected chi connectivity index (χ1v) is 10.6. The maximum atomic E-state index is 14.0. The molecule has 1 aliphatic carbocycles. The maximum Gasteiger partial charge on any atom is 0.238 e. The van der Waals surface area contributed by atoms with Crippen molar-refractivity contribution in [3.8, 4) is 0 Å². The average Bonchev–Trinajstić information content (AvgIpc) is 3.46. The Morgan fingerprint density at radius 3 is 2.20 bits per heavy atom. The molecule has 30 heavy (non-hydrogen) atoms. The largest absolute Gasteiger partial charge is 0.348 e. The lowest BCUT2D eigenvalue weighted by molar-refractivity contribution is -0.151. The second kappa shape index (κ2) is 7.55. The number of piperidine rings is 1. The van der Waals surface area contributed by atoms with E-state index in [4.69, 9.17) is 5.73 Å². The average molecular weight is 423 g/mol. The summed E-state index contributed by atoms with van der Waals surface area (Å²) in [6.45, 7) is 0. The lowest BCUT2D eigenvalue weighted by Gasteiger charge is -2.42. The second-order valence-electron chi connectivity index (χ2n) is 9.34. The molecular formula is C22H28F3N3O2. The molecule has 2 saturated heterocycles. The molecule has 0 spiro atoms. The molecular weight excluding hydrogens is 395 g/mol. The van der Waals surface area contributed by atoms with Gasteiger partial charge in [0.25, 0.3) is 0 Å². The third-order valence-corrected chi connectivity index (χ3v) is 7.13. The maximum absolute atomic E-state index is 14.0. The summed E-state index contributed by atoms with van der Waals surface area (Å²) in [7, 11) is 3.35. The summed E-state index contributed by atoms with van der Waals surface area (Å²) in [5.74, 6) is -3.22. The fraction of sp³-hybridized carbons (Fsp3) is 0.636. The minimum Gasteiger partial charge on any atom is -0.348 e. The molecule has 1 saturated carbocycles. The van der Waals surface area contributed by atoms with E-state index in [0.717, 1.165) is 18.9 Å². The van der Waals surface area contributed by atoms with Gasteiger partial charge in [-0.2, -0.15) is 0 Å². The van der Waals surface area contributed by atoms with Gasteiger partial charge in [-0.3, -0.25) is 9.59 Å². The van der Waals surface area contributed by atoms with Crippen LogP contribution in [0.25, 0.3) is 0 Å². The molecule has 0 radical (unpaired) electrons. The summed E-state index contributed by atoms with van der Waals surface area (Å²) in [6, 6.07) is 1.06. The molecule has 3 atom stereocenters. The predicted molar refractivity (Wildman–Crippen MR) is 105 cm³/mol. The van der Waals surface area contributed by atoms with Crippen molar-refractivity contribution in [3.05, 3.63) is 35.1 Å². The summed E-state index contributed by atoms with van der Waals surface area (Å²) in [4.78, 5) is 29.3. The first-order valence-electron chi connectivity index (χ1n) is 10.6. The lowest BCUT2D eigenvalue weighted by Crippen LogP contribution is -2.54. The third kappa shape index (κ3) is 3.49. The number of carbonyl (C=O) groups is 2. The van der Waals surface area contributed by atoms with Gasteiger partial charge >= 0.3 is 0 Å². The quantitative estimate of drug-likeness (QED) is 0.585. The summed E-state index contributed by atoms with van der Waals surface area (Å²) in [6.07, 6.45) is 4.40. The Labute approximate surface area is 174 Å². The summed E-state index contributed by atoms with van der Waals surface area (Å²) in [5, 5.41) is 0. The fourth-order valence-corrected chi connectivity index (χ4v) is 5.36. The van der Waals surface area contributed by atoms with Gasteiger partial charge in [-0.25, -0.2) is 13.2 Å². The molecule has 1 aromatic carbocycles. The van der Waals surface area contributed by atoms with Crippen molar-refractivity contribution in [2.24, 2.45) is 17.1 Å². The molecule has 3 fully saturated rings. The van der Waals surface area contributed by atoms with Gasteiger partial charge in [0.15, 0.2) is 11.6 Å². The SMILES string of the molecule is CN(C)C(=O)C1(C(=O)N2C3CCC2CC([C@H](N)Cc2cc(F)c(F)cc2F)C3)CC1. The fourth-order valence-electron chi connectivity index (χ4n) is 5.36. The number of nitrogens with two attached hydrogens (primary N) is 1. The number of hydrogen-bond acceptors (Lipinski definition) is 3. The highest BCUT2D eigenvalue weighted by molar-refractivity contribution is 6.08. The lowest BCUT2D eigenvalue weighted by atomic mass is 9.82. The number of nitrogens with zero attached hydrogens (tertiary/aromatic N) is 2. The Hall–Kier alpha value is -2.09. The number of halogens is 3. The van der Waals surface area contributed by atoms with Gasteiger partial charge in [0.1, 0.15) is 11.2 Å². The van der Waals surface area contributed by atoms with Gasteiger partial charge in [-0.1, -0.05) is 0 Å². The van der Waals surface area contributed by atoms with E-state index in [9.17, 15) is 22.8 Å². The molecule has 5 nitrogen and oxygen atoms in total. The van der Waals surface area contributed by atoms with E-state index in [1.807, 2.05) is 4.90 Å². The van der Waals surface area contributed by atoms with Crippen LogP contribution in [-0.4, -0.2) is 53.8 Å². The minimum atomic E-state index is -1.21. The Morgan fingerprint density at radius 2 is 1.67 bits per heavy atom. The smallest absolute Gasteiger partial charge is 0.238 e. The van der Waals surface area contributed by atoms with Crippen LogP contribution >= 0.6 is 0 Å². The normalized spacial score (nSPS) is 27.7. The van der Waals surface area contributed by atoms with E-state index < -0.39 is 28.9 Å². The Balaban J connectivity index is 1.45. The van der Waals surface area contributed by atoms with Gasteiger partial charge in [0.05, 0.1) is 0 Å². The second-order valence-corrected chi connectivity index (χ2v) is 9.34. The van der Waals surface area contributed by atoms with Gasteiger partial charge in [-0.15, -0.1) is 0 Å². The monoisotopic (exact) mass is 423 g/mol. The van der Waals surface area contributed by atoms with E-state index in [2.05, 4.69) is 0 Å². The van der Waals surface area contributed by atoms with Crippen LogP contribution in [-0.2, 0) is 16.0 Å². The molecule has 2 bridgehead atoms. The van der Waals surface area contributed by atoms with Crippen LogP contribution in [0.1, 0.15) is 44.1 Å². The summed E-state index contributed by atoms with van der Waals surface area (Å²) < 4.78 is 40.7. The topological polar surface area (TPSA) is 66.6 Å². The minimum absolute atomic E-state index is 0.0227. The van der Waals surface area contributed by atoms with Crippen LogP contribution in [0.3, 0.4) is 0 Å². The molecule has 1 aromatic rings. The van der Waals surface area contributed by atoms with Crippen molar-refractivity contribution < 1.29 is 22.8 Å². The van der Waals surface area contributed by atoms with E-state index in [1.165, 1.54) is 4.90 Å². The highest BCUT2D eigenvalue weighted by Gasteiger charge is 2.61. The Morgan fingerprint density at radius 1 is 1.10 bits per heavy atom. The van der Waals surface area contributed by atoms with Crippen LogP contribution in [0, 0.1) is 28.8 Å². The first kappa shape index (κ1) is 21.2. The van der Waals surface area contributed by atoms with Crippen molar-refractivity contribution >= 4 is 11.8 Å². The van der Waals surface area contributed by atoms with Crippen LogP contribution in [0.15, 0.2) is 12.1 Å². The molecule has 4 rings (SSSR count). The highest BCUT2D eigenvalue weighted by atomic mass is 19.2. The van der Waals surface area contributed by atoms with Crippen molar-refractivity contribution in [2.75, 3.05) is 14.1 Å². The zero-order valence-corrected chi connectivity index (χ0v) is 17.3. The van der Waals surface area contributed by atoms with E-state index in [0.29, 0.717) is 31.7 Å². The molecule has 3 aliphatic rings. The number of fused-ring (bicyclic) bond motifs is 2. The zero-order valence-electron chi connectivity index (χ0n) is 17.3. The van der Waals surface area contributed by atoms with Crippen LogP contribution < -0.4 is 5.73 Å². The van der Waals surface area contributed by atoms with E-state index in [-0.39, 0.29) is 41.8 Å². The summed E-state index contributed by atoms with van der Waals surface area (Å²) >= 11 is 0. The van der Waals surface area contributed by atoms with Gasteiger partial charge < -0.3 is 15.5 Å². The van der Waals surface area contributed by atoms with Crippen molar-refractivity contribution in [1.82, 2.24) is 9.80 Å². The molecule has 8 heteroatoms. The molecule has 164 valence electrons. The molecule has 0 aromatic heterocycles. The highest BCUT2D eigenvalue weighted by Crippen LogP contribution is 2.52. The predicted octanol–water partition coefficient (Wildman–Crippen LogP) is 2.61. The van der Waals surface area contributed by atoms with Crippen molar-refractivity contribution in [3.63, 3.8) is 0 Å². The van der Waals surface area contributed by atoms with Crippen LogP contribution in [0.5, 0.6) is 0 Å². The van der Waals surface area contributed by atoms with Crippen molar-refractivity contribution in [1.29, 1.82) is 0 Å². The molecule has 2 heterocycles. The number of hydrogen-bond donors (Lipinski definition) is 1. The zero-order chi connectivity index (χ0) is 21.8. The first-order chi connectivity index (χ1) is 14.1. The molecule has 2 aliphatic heterocycles. The van der Waals surface area contributed by atoms with Crippen molar-refractivity contribution in [2.45, 2.75) is 63.1 Å². The Bertz CT molecular complexity index is 857. The third-order valence-electron chi connectivity index (χ3n) is 7.13. The van der Waals surface area contributed by atoms with Crippen LogP contribution in [0.2, 0.25) is 0 Å². The number of benzene rings is 1. The number of carbonyl (C=O) groups excluding carboxylic acids is 2. The number of rotatable bonds is 5. The molecule has 2 unspecified atom stereocenters.